The molecule has 0 unspecified atom stereocenters. The second kappa shape index (κ2) is 17.3. The number of halogens is 3. The van der Waals surface area contributed by atoms with Crippen molar-refractivity contribution in [1.29, 1.82) is 0 Å². The molecular weight excluding hydrogens is 537 g/mol. The predicted molar refractivity (Wildman–Crippen MR) is 154 cm³/mol. The number of esters is 1. The molecule has 1 amide bonds. The van der Waals surface area contributed by atoms with E-state index in [-0.39, 0.29) is 23.4 Å². The van der Waals surface area contributed by atoms with Crippen molar-refractivity contribution in [3.8, 4) is 5.75 Å². The van der Waals surface area contributed by atoms with Gasteiger partial charge < -0.3 is 19.3 Å². The first kappa shape index (κ1) is 35.5. The molecule has 0 aliphatic heterocycles. The predicted octanol–water partition coefficient (Wildman–Crippen LogP) is 7.82. The summed E-state index contributed by atoms with van der Waals surface area (Å²) < 4.78 is 54.5. The molecule has 10 heteroatoms. The number of carbonyl (C=O) groups excluding carboxylic acids is 2. The summed E-state index contributed by atoms with van der Waals surface area (Å²) in [5.41, 5.74) is 1.19. The molecule has 0 fully saturated rings. The number of alkyl halides is 3. The third-order valence-electron chi connectivity index (χ3n) is 5.47. The zero-order valence-electron chi connectivity index (χ0n) is 25.1. The topological polar surface area (TPSA) is 90.7 Å². The molecule has 0 atom stereocenters. The Kier molecular flexibility index (Phi) is 15.0. The van der Waals surface area contributed by atoms with Crippen LogP contribution in [-0.2, 0) is 39.9 Å². The van der Waals surface area contributed by atoms with E-state index in [1.807, 2.05) is 72.7 Å². The zero-order valence-corrected chi connectivity index (χ0v) is 25.1. The summed E-state index contributed by atoms with van der Waals surface area (Å²) in [6.45, 7) is 14.5. The fourth-order valence-electron chi connectivity index (χ4n) is 3.78. The quantitative estimate of drug-likeness (QED) is 0.141. The molecule has 2 aromatic carbocycles. The molecule has 228 valence electrons. The summed E-state index contributed by atoms with van der Waals surface area (Å²) in [7, 11) is 0. The monoisotopic (exact) mass is 580 g/mol. The van der Waals surface area contributed by atoms with Gasteiger partial charge in [-0.3, -0.25) is 9.59 Å². The molecule has 7 nitrogen and oxygen atoms in total. The number of amides is 1. The largest absolute Gasteiger partial charge is 0.493 e. The number of aryl methyl sites for hydroxylation is 1. The van der Waals surface area contributed by atoms with E-state index >= 15 is 0 Å². The zero-order chi connectivity index (χ0) is 31.1. The molecule has 0 spiro atoms. The number of hydrogen-bond acceptors (Lipinski definition) is 6. The van der Waals surface area contributed by atoms with E-state index in [1.54, 1.807) is 6.07 Å². The Labute approximate surface area is 240 Å². The molecule has 3 rings (SSSR count). The van der Waals surface area contributed by atoms with Gasteiger partial charge in [-0.2, -0.15) is 13.2 Å². The van der Waals surface area contributed by atoms with Crippen molar-refractivity contribution in [1.82, 2.24) is 10.5 Å². The molecule has 1 N–H and O–H groups in total. The fourth-order valence-corrected chi connectivity index (χ4v) is 3.78. The van der Waals surface area contributed by atoms with Crippen LogP contribution >= 0.6 is 0 Å². The van der Waals surface area contributed by atoms with Crippen molar-refractivity contribution in [2.75, 3.05) is 6.61 Å². The van der Waals surface area contributed by atoms with Crippen molar-refractivity contribution in [3.05, 3.63) is 58.8 Å². The van der Waals surface area contributed by atoms with Crippen LogP contribution < -0.4 is 10.1 Å². The van der Waals surface area contributed by atoms with Gasteiger partial charge in [0.2, 0.25) is 6.41 Å². The minimum atomic E-state index is -4.51. The van der Waals surface area contributed by atoms with Gasteiger partial charge in [0.1, 0.15) is 11.4 Å². The minimum Gasteiger partial charge on any atom is -0.493 e. The normalized spacial score (nSPS) is 11.1. The first-order valence-corrected chi connectivity index (χ1v) is 14.0. The highest BCUT2D eigenvalue weighted by Gasteiger charge is 2.37. The Morgan fingerprint density at radius 2 is 1.68 bits per heavy atom. The Hall–Kier alpha value is -3.56. The molecule has 1 aromatic heterocycles. The van der Waals surface area contributed by atoms with E-state index in [0.29, 0.717) is 37.3 Å². The van der Waals surface area contributed by atoms with Crippen LogP contribution in [0.2, 0.25) is 0 Å². The van der Waals surface area contributed by atoms with Gasteiger partial charge >= 0.3 is 12.1 Å². The van der Waals surface area contributed by atoms with Crippen molar-refractivity contribution in [3.63, 3.8) is 0 Å². The molecule has 0 bridgehead atoms. The number of hydrogen-bond donors (Lipinski definition) is 1. The number of ether oxygens (including phenoxy) is 2. The van der Waals surface area contributed by atoms with Crippen molar-refractivity contribution in [2.45, 2.75) is 98.9 Å². The number of carbonyl (C=O) groups is 2. The van der Waals surface area contributed by atoms with Gasteiger partial charge in [-0.25, -0.2) is 0 Å². The van der Waals surface area contributed by atoms with E-state index in [9.17, 15) is 22.8 Å². The molecule has 0 aliphatic carbocycles. The number of aromatic nitrogens is 1. The van der Waals surface area contributed by atoms with Crippen LogP contribution in [-0.4, -0.2) is 29.7 Å². The van der Waals surface area contributed by atoms with Crippen molar-refractivity contribution < 1.29 is 36.8 Å². The van der Waals surface area contributed by atoms with Crippen LogP contribution in [0.15, 0.2) is 40.9 Å². The summed E-state index contributed by atoms with van der Waals surface area (Å²) in [6, 6.07) is 10.4. The Morgan fingerprint density at radius 1 is 1.02 bits per heavy atom. The first-order chi connectivity index (χ1) is 19.4. The minimum absolute atomic E-state index is 0.00575. The van der Waals surface area contributed by atoms with Crippen LogP contribution in [0.4, 0.5) is 13.2 Å². The lowest BCUT2D eigenvalue weighted by molar-refractivity contribution is -0.154. The second-order valence-electron chi connectivity index (χ2n) is 9.93. The van der Waals surface area contributed by atoms with E-state index in [4.69, 9.17) is 14.0 Å². The van der Waals surface area contributed by atoms with Crippen LogP contribution in [0.1, 0.15) is 90.1 Å². The lowest BCUT2D eigenvalue weighted by atomic mass is 10.0. The lowest BCUT2D eigenvalue weighted by Gasteiger charge is -2.20. The third kappa shape index (κ3) is 11.8. The number of rotatable bonds is 11. The van der Waals surface area contributed by atoms with Gasteiger partial charge in [-0.1, -0.05) is 70.0 Å². The number of nitrogens with zero attached hydrogens (tertiary/aromatic N) is 1. The molecule has 0 saturated carbocycles. The van der Waals surface area contributed by atoms with Crippen LogP contribution in [0.3, 0.4) is 0 Å². The standard InChI is InChI=1S/C15H18F3NO2.C14H19NO3.C2H6/c1-3-5-9-20-12-8-7-11-13(10(12)6-4-2)21-19-14(11)15(16,17)18;1-14(2,3)18-13(17)8-11-6-4-5-7-12(11)9-15-10-16;1-2/h7-8H,3-6,9H2,1-2H3;4-7,10H,8-9H2,1-3H3,(H,15,16);1-2H3. The molecule has 0 aliphatic rings. The summed E-state index contributed by atoms with van der Waals surface area (Å²) in [6.07, 6.45) is -0.395. The average molecular weight is 581 g/mol. The first-order valence-electron chi connectivity index (χ1n) is 14.0. The highest BCUT2D eigenvalue weighted by Crippen LogP contribution is 2.38. The highest BCUT2D eigenvalue weighted by molar-refractivity contribution is 5.85. The average Bonchev–Trinajstić information content (AvgIpc) is 3.35. The third-order valence-corrected chi connectivity index (χ3v) is 5.47. The number of nitrogens with one attached hydrogen (secondary N) is 1. The lowest BCUT2D eigenvalue weighted by Crippen LogP contribution is -2.25. The molecule has 0 radical (unpaired) electrons. The van der Waals surface area contributed by atoms with E-state index < -0.39 is 17.5 Å². The molecule has 41 heavy (non-hydrogen) atoms. The molecule has 1 heterocycles. The molecule has 0 saturated heterocycles. The van der Waals surface area contributed by atoms with Gasteiger partial charge in [0.05, 0.1) is 18.4 Å². The number of unbranched alkanes of at least 4 members (excludes halogenated alkanes) is 1. The second-order valence-corrected chi connectivity index (χ2v) is 9.93. The smallest absolute Gasteiger partial charge is 0.437 e. The number of benzene rings is 2. The number of fused-ring (bicyclic) bond motifs is 1. The van der Waals surface area contributed by atoms with Crippen molar-refractivity contribution >= 4 is 23.3 Å². The Balaban J connectivity index is 0.000000391. The van der Waals surface area contributed by atoms with E-state index in [2.05, 4.69) is 10.5 Å². The van der Waals surface area contributed by atoms with Crippen LogP contribution in [0.5, 0.6) is 5.75 Å². The maximum absolute atomic E-state index is 12.9. The van der Waals surface area contributed by atoms with Gasteiger partial charge in [0.25, 0.3) is 0 Å². The fraction of sp³-hybridized carbons (Fsp3) is 0.516. The maximum Gasteiger partial charge on any atom is 0.437 e. The summed E-state index contributed by atoms with van der Waals surface area (Å²) in [5, 5.41) is 5.78. The Bertz CT molecular complexity index is 1220. The summed E-state index contributed by atoms with van der Waals surface area (Å²) >= 11 is 0. The Morgan fingerprint density at radius 3 is 2.24 bits per heavy atom. The van der Waals surface area contributed by atoms with Gasteiger partial charge in [0, 0.05) is 12.1 Å². The van der Waals surface area contributed by atoms with E-state index in [0.717, 1.165) is 30.4 Å². The van der Waals surface area contributed by atoms with Gasteiger partial charge in [-0.05, 0) is 56.9 Å². The van der Waals surface area contributed by atoms with Crippen LogP contribution in [0, 0.1) is 0 Å². The highest BCUT2D eigenvalue weighted by atomic mass is 19.4. The van der Waals surface area contributed by atoms with E-state index in [1.165, 1.54) is 6.07 Å². The molecule has 3 aromatic rings. The SMILES string of the molecule is CC.CC(C)(C)OC(=O)Cc1ccccc1CNC=O.CCCCOc1ccc2c(C(F)(F)F)noc2c1CCC. The van der Waals surface area contributed by atoms with Crippen LogP contribution in [0.25, 0.3) is 11.0 Å². The van der Waals surface area contributed by atoms with Crippen molar-refractivity contribution in [2.24, 2.45) is 0 Å². The van der Waals surface area contributed by atoms with Gasteiger partial charge in [-0.15, -0.1) is 0 Å². The maximum atomic E-state index is 12.9. The summed E-state index contributed by atoms with van der Waals surface area (Å²) in [5.74, 6) is 0.323. The summed E-state index contributed by atoms with van der Waals surface area (Å²) in [4.78, 5) is 22.0. The molecular formula is C31H43F3N2O5. The van der Waals surface area contributed by atoms with Gasteiger partial charge in [0.15, 0.2) is 11.3 Å².